The second kappa shape index (κ2) is 7.81. The molecular formula is C21H16N4O3S. The van der Waals surface area contributed by atoms with E-state index in [4.69, 9.17) is 4.74 Å². The van der Waals surface area contributed by atoms with E-state index in [1.807, 2.05) is 12.1 Å². The monoisotopic (exact) mass is 404 g/mol. The summed E-state index contributed by atoms with van der Waals surface area (Å²) in [6, 6.07) is 16.5. The molecule has 0 saturated heterocycles. The number of thioether (sulfide) groups is 1. The fourth-order valence-corrected chi connectivity index (χ4v) is 3.95. The zero-order chi connectivity index (χ0) is 20.4. The molecule has 0 aliphatic carbocycles. The van der Waals surface area contributed by atoms with Crippen molar-refractivity contribution >= 4 is 45.9 Å². The van der Waals surface area contributed by atoms with Crippen molar-refractivity contribution in [3.8, 4) is 11.8 Å². The number of rotatable bonds is 4. The molecule has 0 saturated carbocycles. The van der Waals surface area contributed by atoms with Crippen molar-refractivity contribution in [2.75, 3.05) is 29.6 Å². The normalized spacial score (nSPS) is 12.8. The standard InChI is InChI=1S/C21H16N4O3S/c1-28-15-7-6-13-8-14(10-22)21(24-17(13)9-15)29-12-20(27)25-11-19(26)23-16-4-2-3-5-18(16)25/h2-9H,11-12H2,1H3,(H,23,26). The van der Waals surface area contributed by atoms with Gasteiger partial charge in [0.1, 0.15) is 23.4 Å². The smallest absolute Gasteiger partial charge is 0.244 e. The van der Waals surface area contributed by atoms with Crippen LogP contribution in [0.5, 0.6) is 5.75 Å². The van der Waals surface area contributed by atoms with Crippen LogP contribution in [0.2, 0.25) is 0 Å². The molecule has 7 nitrogen and oxygen atoms in total. The number of carbonyl (C=O) groups excluding carboxylic acids is 2. The molecule has 1 aliphatic heterocycles. The molecule has 1 aromatic heterocycles. The summed E-state index contributed by atoms with van der Waals surface area (Å²) >= 11 is 1.18. The SMILES string of the molecule is COc1ccc2cc(C#N)c(SCC(=O)N3CC(=O)Nc4ccccc43)nc2c1. The topological polar surface area (TPSA) is 95.3 Å². The Morgan fingerprint density at radius 3 is 2.93 bits per heavy atom. The van der Waals surface area contributed by atoms with E-state index in [0.717, 1.165) is 5.39 Å². The van der Waals surface area contributed by atoms with Crippen molar-refractivity contribution in [2.45, 2.75) is 5.03 Å². The number of aromatic nitrogens is 1. The van der Waals surface area contributed by atoms with Crippen LogP contribution in [0.3, 0.4) is 0 Å². The van der Waals surface area contributed by atoms with Crippen molar-refractivity contribution in [3.05, 3.63) is 54.1 Å². The molecule has 0 fully saturated rings. The number of methoxy groups -OCH3 is 1. The molecule has 4 rings (SSSR count). The third-order valence-electron chi connectivity index (χ3n) is 4.51. The maximum atomic E-state index is 12.8. The number of hydrogen-bond donors (Lipinski definition) is 1. The first kappa shape index (κ1) is 18.8. The van der Waals surface area contributed by atoms with E-state index in [9.17, 15) is 14.9 Å². The lowest BCUT2D eigenvalue weighted by molar-refractivity contribution is -0.120. The molecule has 2 heterocycles. The minimum absolute atomic E-state index is 0.0378. The van der Waals surface area contributed by atoms with E-state index < -0.39 is 0 Å². The van der Waals surface area contributed by atoms with E-state index in [2.05, 4.69) is 16.4 Å². The second-order valence-corrected chi connectivity index (χ2v) is 7.31. The molecule has 29 heavy (non-hydrogen) atoms. The highest BCUT2D eigenvalue weighted by Gasteiger charge is 2.26. The van der Waals surface area contributed by atoms with Gasteiger partial charge in [0.15, 0.2) is 0 Å². The van der Waals surface area contributed by atoms with Crippen molar-refractivity contribution in [1.29, 1.82) is 5.26 Å². The lowest BCUT2D eigenvalue weighted by Crippen LogP contribution is -2.43. The summed E-state index contributed by atoms with van der Waals surface area (Å²) in [6.45, 7) is -0.0378. The average molecular weight is 404 g/mol. The first-order chi connectivity index (χ1) is 14.1. The summed E-state index contributed by atoms with van der Waals surface area (Å²) in [6.07, 6.45) is 0. The number of amides is 2. The molecule has 0 bridgehead atoms. The van der Waals surface area contributed by atoms with Crippen LogP contribution < -0.4 is 15.0 Å². The van der Waals surface area contributed by atoms with Gasteiger partial charge < -0.3 is 15.0 Å². The number of anilines is 2. The summed E-state index contributed by atoms with van der Waals surface area (Å²) in [5.41, 5.74) is 2.35. The first-order valence-electron chi connectivity index (χ1n) is 8.80. The predicted molar refractivity (Wildman–Crippen MR) is 111 cm³/mol. The number of nitrogens with zero attached hydrogens (tertiary/aromatic N) is 3. The van der Waals surface area contributed by atoms with Gasteiger partial charge in [-0.25, -0.2) is 4.98 Å². The van der Waals surface area contributed by atoms with E-state index in [-0.39, 0.29) is 24.1 Å². The number of para-hydroxylation sites is 2. The van der Waals surface area contributed by atoms with E-state index in [1.54, 1.807) is 43.5 Å². The quantitative estimate of drug-likeness (QED) is 0.671. The van der Waals surface area contributed by atoms with Gasteiger partial charge >= 0.3 is 0 Å². The van der Waals surface area contributed by atoms with Gasteiger partial charge in [0, 0.05) is 11.5 Å². The number of nitrogens with one attached hydrogen (secondary N) is 1. The molecule has 0 unspecified atom stereocenters. The molecule has 1 N–H and O–H groups in total. The molecule has 8 heteroatoms. The van der Waals surface area contributed by atoms with Crippen LogP contribution in [0, 0.1) is 11.3 Å². The van der Waals surface area contributed by atoms with Gasteiger partial charge in [-0.3, -0.25) is 9.59 Å². The van der Waals surface area contributed by atoms with Gasteiger partial charge in [-0.15, -0.1) is 0 Å². The number of pyridine rings is 1. The fraction of sp³-hybridized carbons (Fsp3) is 0.143. The van der Waals surface area contributed by atoms with Crippen LogP contribution in [-0.2, 0) is 9.59 Å². The van der Waals surface area contributed by atoms with E-state index in [0.29, 0.717) is 33.2 Å². The Morgan fingerprint density at radius 1 is 1.31 bits per heavy atom. The lowest BCUT2D eigenvalue weighted by Gasteiger charge is -2.29. The van der Waals surface area contributed by atoms with Gasteiger partial charge in [0.2, 0.25) is 11.8 Å². The van der Waals surface area contributed by atoms with Gasteiger partial charge in [-0.1, -0.05) is 23.9 Å². The Labute approximate surface area is 171 Å². The molecule has 0 atom stereocenters. The average Bonchev–Trinajstić information content (AvgIpc) is 2.75. The maximum Gasteiger partial charge on any atom is 0.244 e. The largest absolute Gasteiger partial charge is 0.497 e. The zero-order valence-electron chi connectivity index (χ0n) is 15.5. The van der Waals surface area contributed by atoms with Gasteiger partial charge in [-0.2, -0.15) is 5.26 Å². The van der Waals surface area contributed by atoms with Crippen molar-refractivity contribution < 1.29 is 14.3 Å². The van der Waals surface area contributed by atoms with Crippen molar-refractivity contribution in [2.24, 2.45) is 0 Å². The minimum atomic E-state index is -0.240. The van der Waals surface area contributed by atoms with Crippen LogP contribution in [-0.4, -0.2) is 36.2 Å². The number of ether oxygens (including phenoxy) is 1. The fourth-order valence-electron chi connectivity index (χ4n) is 3.11. The number of benzene rings is 2. The molecule has 0 spiro atoms. The van der Waals surface area contributed by atoms with Crippen molar-refractivity contribution in [3.63, 3.8) is 0 Å². The highest BCUT2D eigenvalue weighted by atomic mass is 32.2. The Bertz CT molecular complexity index is 1170. The molecule has 144 valence electrons. The molecular weight excluding hydrogens is 388 g/mol. The van der Waals surface area contributed by atoms with Crippen LogP contribution in [0.25, 0.3) is 10.9 Å². The van der Waals surface area contributed by atoms with Gasteiger partial charge in [0.25, 0.3) is 0 Å². The Kier molecular flexibility index (Phi) is 5.06. The third-order valence-corrected chi connectivity index (χ3v) is 5.49. The lowest BCUT2D eigenvalue weighted by atomic mass is 10.1. The number of hydrogen-bond acceptors (Lipinski definition) is 6. The third kappa shape index (κ3) is 3.73. The number of carbonyl (C=O) groups is 2. The van der Waals surface area contributed by atoms with Crippen LogP contribution in [0.1, 0.15) is 5.56 Å². The number of nitriles is 1. The first-order valence-corrected chi connectivity index (χ1v) is 9.78. The van der Waals surface area contributed by atoms with Crippen LogP contribution in [0.15, 0.2) is 53.6 Å². The summed E-state index contributed by atoms with van der Waals surface area (Å²) < 4.78 is 5.23. The maximum absolute atomic E-state index is 12.8. The molecule has 3 aromatic rings. The van der Waals surface area contributed by atoms with Gasteiger partial charge in [0.05, 0.1) is 35.3 Å². The Hall–Kier alpha value is -3.57. The van der Waals surface area contributed by atoms with E-state index in [1.165, 1.54) is 16.7 Å². The number of fused-ring (bicyclic) bond motifs is 2. The molecule has 1 aliphatic rings. The van der Waals surface area contributed by atoms with E-state index >= 15 is 0 Å². The molecule has 2 aromatic carbocycles. The second-order valence-electron chi connectivity index (χ2n) is 6.35. The Balaban J connectivity index is 1.59. The Morgan fingerprint density at radius 2 is 2.14 bits per heavy atom. The highest BCUT2D eigenvalue weighted by molar-refractivity contribution is 8.00. The minimum Gasteiger partial charge on any atom is -0.497 e. The summed E-state index contributed by atoms with van der Waals surface area (Å²) in [5.74, 6) is 0.251. The zero-order valence-corrected chi connectivity index (χ0v) is 16.3. The van der Waals surface area contributed by atoms with Crippen molar-refractivity contribution in [1.82, 2.24) is 4.98 Å². The summed E-state index contributed by atoms with van der Waals surface area (Å²) in [7, 11) is 1.58. The summed E-state index contributed by atoms with van der Waals surface area (Å²) in [5, 5.41) is 13.5. The highest BCUT2D eigenvalue weighted by Crippen LogP contribution is 2.31. The van der Waals surface area contributed by atoms with Crippen LogP contribution in [0.4, 0.5) is 11.4 Å². The predicted octanol–water partition coefficient (Wildman–Crippen LogP) is 3.19. The summed E-state index contributed by atoms with van der Waals surface area (Å²) in [4.78, 5) is 30.8. The molecule has 2 amide bonds. The molecule has 0 radical (unpaired) electrons. The van der Waals surface area contributed by atoms with Gasteiger partial charge in [-0.05, 0) is 30.3 Å². The van der Waals surface area contributed by atoms with Crippen LogP contribution >= 0.6 is 11.8 Å².